The quantitative estimate of drug-likeness (QED) is 0.673. The molecule has 0 bridgehead atoms. The van der Waals surface area contributed by atoms with Crippen molar-refractivity contribution in [1.29, 1.82) is 0 Å². The first-order chi connectivity index (χ1) is 13.1. The van der Waals surface area contributed by atoms with E-state index in [2.05, 4.69) is 15.3 Å². The third-order valence-electron chi connectivity index (χ3n) is 4.53. The fourth-order valence-electron chi connectivity index (χ4n) is 3.08. The van der Waals surface area contributed by atoms with E-state index in [0.29, 0.717) is 13.1 Å². The second-order valence-corrected chi connectivity index (χ2v) is 7.38. The summed E-state index contributed by atoms with van der Waals surface area (Å²) in [6, 6.07) is 10.2. The van der Waals surface area contributed by atoms with Gasteiger partial charge in [-0.3, -0.25) is 14.1 Å². The molecule has 0 radical (unpaired) electrons. The van der Waals surface area contributed by atoms with Gasteiger partial charge in [-0.15, -0.1) is 0 Å². The first-order valence-corrected chi connectivity index (χ1v) is 9.55. The van der Waals surface area contributed by atoms with Crippen molar-refractivity contribution in [2.75, 3.05) is 0 Å². The summed E-state index contributed by atoms with van der Waals surface area (Å²) in [4.78, 5) is 19.3. The first kappa shape index (κ1) is 17.6. The van der Waals surface area contributed by atoms with Gasteiger partial charge in [0.25, 0.3) is 0 Å². The van der Waals surface area contributed by atoms with Gasteiger partial charge in [0.15, 0.2) is 5.50 Å². The third kappa shape index (κ3) is 3.68. The lowest BCUT2D eigenvalue weighted by atomic mass is 10.2. The predicted molar refractivity (Wildman–Crippen MR) is 104 cm³/mol. The number of halogens is 1. The van der Waals surface area contributed by atoms with E-state index in [1.165, 1.54) is 12.1 Å². The molecule has 1 aliphatic rings. The molecule has 0 N–H and O–H groups in total. The third-order valence-corrected chi connectivity index (χ3v) is 5.74. The molecule has 0 saturated heterocycles. The molecule has 7 heteroatoms. The van der Waals surface area contributed by atoms with Crippen LogP contribution in [0.4, 0.5) is 4.39 Å². The van der Waals surface area contributed by atoms with Gasteiger partial charge in [-0.05, 0) is 41.7 Å². The molecule has 1 unspecified atom stereocenters. The fraction of sp³-hybridized carbons (Fsp3) is 0.200. The van der Waals surface area contributed by atoms with Crippen LogP contribution in [0, 0.1) is 5.82 Å². The summed E-state index contributed by atoms with van der Waals surface area (Å²) in [5, 5.41) is 2.07. The summed E-state index contributed by atoms with van der Waals surface area (Å²) >= 11 is 1.61. The highest BCUT2D eigenvalue weighted by Crippen LogP contribution is 2.38. The highest BCUT2D eigenvalue weighted by molar-refractivity contribution is 8.02. The molecule has 1 aromatic carbocycles. The number of imidazole rings is 1. The van der Waals surface area contributed by atoms with Crippen LogP contribution in [0.2, 0.25) is 0 Å². The van der Waals surface area contributed by atoms with Gasteiger partial charge in [-0.1, -0.05) is 30.0 Å². The number of nitrogens with zero attached hydrogens (tertiary/aromatic N) is 4. The highest BCUT2D eigenvalue weighted by Gasteiger charge is 2.27. The Morgan fingerprint density at radius 1 is 1.11 bits per heavy atom. The predicted octanol–water partition coefficient (Wildman–Crippen LogP) is 3.80. The van der Waals surface area contributed by atoms with Crippen molar-refractivity contribution in [3.8, 4) is 0 Å². The molecule has 0 fully saturated rings. The number of aromatic nitrogens is 3. The molecule has 1 atom stereocenters. The maximum absolute atomic E-state index is 13.1. The highest BCUT2D eigenvalue weighted by atomic mass is 32.2. The van der Waals surface area contributed by atoms with Crippen LogP contribution in [0.3, 0.4) is 0 Å². The average Bonchev–Trinajstić information content (AvgIpc) is 3.21. The summed E-state index contributed by atoms with van der Waals surface area (Å²) < 4.78 is 16.5. The van der Waals surface area contributed by atoms with Crippen molar-refractivity contribution in [2.24, 2.45) is 0 Å². The van der Waals surface area contributed by atoms with Crippen molar-refractivity contribution in [3.05, 3.63) is 99.7 Å². The molecule has 5 nitrogen and oxygen atoms in total. The lowest BCUT2D eigenvalue weighted by Crippen LogP contribution is -2.33. The van der Waals surface area contributed by atoms with E-state index in [9.17, 15) is 9.18 Å². The minimum atomic E-state index is -0.279. The van der Waals surface area contributed by atoms with Crippen LogP contribution < -0.4 is 5.69 Å². The maximum Gasteiger partial charge on any atom is 0.330 e. The van der Waals surface area contributed by atoms with Crippen LogP contribution in [0.25, 0.3) is 0 Å². The number of rotatable bonds is 5. The Morgan fingerprint density at radius 2 is 1.93 bits per heavy atom. The zero-order valence-electron chi connectivity index (χ0n) is 14.8. The Bertz CT molecular complexity index is 1010. The van der Waals surface area contributed by atoms with E-state index in [4.69, 9.17) is 0 Å². The fourth-order valence-corrected chi connectivity index (χ4v) is 4.22. The molecule has 0 spiro atoms. The molecule has 0 saturated carbocycles. The molecule has 2 aromatic heterocycles. The van der Waals surface area contributed by atoms with Crippen LogP contribution >= 0.6 is 11.8 Å². The zero-order valence-corrected chi connectivity index (χ0v) is 15.6. The SMILES string of the molecule is CC1=CSC(n2ccn(Cc3ccc(F)cc3)c2=O)N1Cc1cccnc1. The number of hydrogen-bond donors (Lipinski definition) is 0. The van der Waals surface area contributed by atoms with Crippen molar-refractivity contribution in [3.63, 3.8) is 0 Å². The molecule has 3 aromatic rings. The summed E-state index contributed by atoms with van der Waals surface area (Å²) in [6.45, 7) is 3.14. The summed E-state index contributed by atoms with van der Waals surface area (Å²) in [6.07, 6.45) is 7.19. The first-order valence-electron chi connectivity index (χ1n) is 8.61. The van der Waals surface area contributed by atoms with Crippen molar-refractivity contribution in [1.82, 2.24) is 19.0 Å². The van der Waals surface area contributed by atoms with Crippen LogP contribution in [0.1, 0.15) is 23.5 Å². The molecule has 1 aliphatic heterocycles. The van der Waals surface area contributed by atoms with E-state index in [0.717, 1.165) is 16.8 Å². The Balaban J connectivity index is 1.56. The summed E-state index contributed by atoms with van der Waals surface area (Å²) in [5.74, 6) is -0.279. The number of hydrogen-bond acceptors (Lipinski definition) is 4. The van der Waals surface area contributed by atoms with Gasteiger partial charge >= 0.3 is 5.69 Å². The second-order valence-electron chi connectivity index (χ2n) is 6.45. The van der Waals surface area contributed by atoms with Crippen LogP contribution in [-0.4, -0.2) is 19.0 Å². The van der Waals surface area contributed by atoms with Gasteiger partial charge in [0.2, 0.25) is 0 Å². The Kier molecular flexibility index (Phi) is 4.85. The number of thioether (sulfide) groups is 1. The molecule has 3 heterocycles. The van der Waals surface area contributed by atoms with Gasteiger partial charge in [-0.2, -0.15) is 0 Å². The zero-order chi connectivity index (χ0) is 18.8. The standard InChI is InChI=1S/C20H19FN4OS/c1-15-14-27-20(25(15)13-17-3-2-8-22-11-17)24-10-9-23(19(24)26)12-16-4-6-18(21)7-5-16/h2-11,14,20H,12-13H2,1H3. The van der Waals surface area contributed by atoms with Crippen LogP contribution in [0.5, 0.6) is 0 Å². The van der Waals surface area contributed by atoms with E-state index in [1.54, 1.807) is 45.4 Å². The molecule has 27 heavy (non-hydrogen) atoms. The van der Waals surface area contributed by atoms with Gasteiger partial charge in [-0.25, -0.2) is 9.18 Å². The lowest BCUT2D eigenvalue weighted by molar-refractivity contribution is 0.263. The van der Waals surface area contributed by atoms with Crippen LogP contribution in [-0.2, 0) is 13.1 Å². The summed E-state index contributed by atoms with van der Waals surface area (Å²) in [7, 11) is 0. The monoisotopic (exact) mass is 382 g/mol. The molecule has 138 valence electrons. The summed E-state index contributed by atoms with van der Waals surface area (Å²) in [5.41, 5.74) is 2.88. The van der Waals surface area contributed by atoms with Crippen molar-refractivity contribution in [2.45, 2.75) is 25.5 Å². The van der Waals surface area contributed by atoms with E-state index < -0.39 is 0 Å². The molecular formula is C20H19FN4OS. The number of benzene rings is 1. The van der Waals surface area contributed by atoms with Crippen molar-refractivity contribution >= 4 is 11.8 Å². The smallest absolute Gasteiger partial charge is 0.330 e. The van der Waals surface area contributed by atoms with Gasteiger partial charge in [0, 0.05) is 37.0 Å². The topological polar surface area (TPSA) is 43.1 Å². The second kappa shape index (κ2) is 7.44. The van der Waals surface area contributed by atoms with E-state index in [-0.39, 0.29) is 17.0 Å². The molecule has 0 aliphatic carbocycles. The van der Waals surface area contributed by atoms with Crippen LogP contribution in [0.15, 0.2) is 77.1 Å². The molecular weight excluding hydrogens is 363 g/mol. The van der Waals surface area contributed by atoms with Crippen molar-refractivity contribution < 1.29 is 4.39 Å². The Morgan fingerprint density at radius 3 is 2.67 bits per heavy atom. The van der Waals surface area contributed by atoms with E-state index in [1.807, 2.05) is 31.5 Å². The number of pyridine rings is 1. The average molecular weight is 382 g/mol. The van der Waals surface area contributed by atoms with E-state index >= 15 is 0 Å². The van der Waals surface area contributed by atoms with Gasteiger partial charge in [0.05, 0.1) is 6.54 Å². The lowest BCUT2D eigenvalue weighted by Gasteiger charge is -2.28. The minimum Gasteiger partial charge on any atom is -0.341 e. The Labute approximate surface area is 160 Å². The number of allylic oxidation sites excluding steroid dienone is 1. The largest absolute Gasteiger partial charge is 0.341 e. The normalized spacial score (nSPS) is 16.6. The minimum absolute atomic E-state index is 0.0869. The molecule has 0 amide bonds. The maximum atomic E-state index is 13.1. The van der Waals surface area contributed by atoms with Gasteiger partial charge in [0.1, 0.15) is 5.82 Å². The Hall–Kier alpha value is -2.80. The van der Waals surface area contributed by atoms with Gasteiger partial charge < -0.3 is 4.90 Å². The molecule has 4 rings (SSSR count).